The number of hydrogen-bond acceptors (Lipinski definition) is 5. The summed E-state index contributed by atoms with van der Waals surface area (Å²) in [6, 6.07) is 0. The molecule has 12 heavy (non-hydrogen) atoms. The number of hydrogen-bond donors (Lipinski definition) is 0. The molecule has 68 valence electrons. The molecular formula is C4H5BrN2O5. The van der Waals surface area contributed by atoms with Gasteiger partial charge in [-0.2, -0.15) is 0 Å². The lowest BCUT2D eigenvalue weighted by Crippen LogP contribution is -2.41. The van der Waals surface area contributed by atoms with Gasteiger partial charge >= 0.3 is 4.57 Å². The number of nitrogens with zero attached hydrogens (tertiary/aromatic N) is 2. The third-order valence-corrected chi connectivity index (χ3v) is 1.89. The van der Waals surface area contributed by atoms with E-state index in [1.165, 1.54) is 0 Å². The third kappa shape index (κ3) is 2.22. The second-order valence-electron chi connectivity index (χ2n) is 2.11. The fourth-order valence-electron chi connectivity index (χ4n) is 0.513. The van der Waals surface area contributed by atoms with Crippen molar-refractivity contribution >= 4 is 21.7 Å². The van der Waals surface area contributed by atoms with E-state index in [1.54, 1.807) is 0 Å². The first-order valence-electron chi connectivity index (χ1n) is 2.78. The van der Waals surface area contributed by atoms with Crippen LogP contribution in [0, 0.1) is 20.2 Å². The number of ketones is 1. The maximum Gasteiger partial charge on any atom is 0.517 e. The molecule has 0 atom stereocenters. The molecule has 0 fully saturated rings. The van der Waals surface area contributed by atoms with E-state index in [2.05, 4.69) is 15.9 Å². The monoisotopic (exact) mass is 240 g/mol. The Morgan fingerprint density at radius 1 is 1.42 bits per heavy atom. The van der Waals surface area contributed by atoms with Crippen molar-refractivity contribution in [3.8, 4) is 0 Å². The third-order valence-electron chi connectivity index (χ3n) is 1.03. The van der Waals surface area contributed by atoms with Crippen molar-refractivity contribution in [1.29, 1.82) is 0 Å². The van der Waals surface area contributed by atoms with E-state index >= 15 is 0 Å². The molecule has 0 spiro atoms. The molecule has 0 N–H and O–H groups in total. The predicted molar refractivity (Wildman–Crippen MR) is 40.9 cm³/mol. The molecule has 0 saturated heterocycles. The summed E-state index contributed by atoms with van der Waals surface area (Å²) in [5.41, 5.74) is 0. The number of carbonyl (C=O) groups excluding carboxylic acids is 1. The summed E-state index contributed by atoms with van der Waals surface area (Å²) in [5, 5.41) is 20.3. The first-order valence-corrected chi connectivity index (χ1v) is 3.57. The average molecular weight is 241 g/mol. The van der Waals surface area contributed by atoms with Gasteiger partial charge in [-0.25, -0.2) is 0 Å². The summed E-state index contributed by atoms with van der Waals surface area (Å²) < 4.78 is -2.57. The van der Waals surface area contributed by atoms with Gasteiger partial charge in [0.05, 0.1) is 15.9 Å². The van der Waals surface area contributed by atoms with Crippen molar-refractivity contribution in [1.82, 2.24) is 0 Å². The largest absolute Gasteiger partial charge is 0.517 e. The predicted octanol–water partition coefficient (Wildman–Crippen LogP) is 0.568. The molecule has 0 rings (SSSR count). The number of Topliss-reactive ketones (excluding diaryl/α,β-unsaturated/α-hetero) is 1. The molecular weight excluding hydrogens is 236 g/mol. The molecule has 0 heterocycles. The fourth-order valence-corrected chi connectivity index (χ4v) is 0.907. The molecule has 0 aliphatic rings. The SMILES string of the molecule is CC(=O)CC(Br)([N+](=O)[O-])[N+](=O)[O-]. The zero-order chi connectivity index (χ0) is 9.94. The van der Waals surface area contributed by atoms with Gasteiger partial charge in [0, 0.05) is 0 Å². The van der Waals surface area contributed by atoms with Gasteiger partial charge < -0.3 is 0 Å². The summed E-state index contributed by atoms with van der Waals surface area (Å²) in [4.78, 5) is 28.5. The molecule has 0 amide bonds. The Labute approximate surface area is 75.2 Å². The molecule has 0 radical (unpaired) electrons. The van der Waals surface area contributed by atoms with Crippen LogP contribution in [0.15, 0.2) is 0 Å². The summed E-state index contributed by atoms with van der Waals surface area (Å²) >= 11 is 2.30. The average Bonchev–Trinajstić information content (AvgIpc) is 1.84. The Hall–Kier alpha value is -1.05. The first kappa shape index (κ1) is 11.0. The fraction of sp³-hybridized carbons (Fsp3) is 0.750. The standard InChI is InChI=1S/C4H5BrN2O5/c1-3(8)2-4(5,6(9)10)7(11)12/h2H2,1H3. The minimum Gasteiger partial charge on any atom is -0.299 e. The van der Waals surface area contributed by atoms with Crippen LogP contribution in [0.1, 0.15) is 13.3 Å². The van der Waals surface area contributed by atoms with Crippen molar-refractivity contribution in [3.63, 3.8) is 0 Å². The Kier molecular flexibility index (Phi) is 3.25. The Balaban J connectivity index is 4.75. The maximum atomic E-state index is 10.4. The summed E-state index contributed by atoms with van der Waals surface area (Å²) in [6.45, 7) is 1.04. The van der Waals surface area contributed by atoms with E-state index in [9.17, 15) is 25.0 Å². The van der Waals surface area contributed by atoms with E-state index in [4.69, 9.17) is 0 Å². The van der Waals surface area contributed by atoms with Gasteiger partial charge in [-0.15, -0.1) is 0 Å². The van der Waals surface area contributed by atoms with Crippen LogP contribution in [-0.2, 0) is 4.79 Å². The zero-order valence-corrected chi connectivity index (χ0v) is 7.61. The Morgan fingerprint density at radius 2 is 1.75 bits per heavy atom. The second-order valence-corrected chi connectivity index (χ2v) is 3.38. The highest BCUT2D eigenvalue weighted by Gasteiger charge is 2.54. The van der Waals surface area contributed by atoms with Gasteiger partial charge in [-0.1, -0.05) is 0 Å². The molecule has 0 unspecified atom stereocenters. The topological polar surface area (TPSA) is 103 Å². The lowest BCUT2D eigenvalue weighted by Gasteiger charge is -2.07. The van der Waals surface area contributed by atoms with Crippen LogP contribution in [-0.4, -0.2) is 20.2 Å². The van der Waals surface area contributed by atoms with Gasteiger partial charge in [0.2, 0.25) is 0 Å². The number of carbonyl (C=O) groups is 1. The van der Waals surface area contributed by atoms with Crippen LogP contribution in [0.25, 0.3) is 0 Å². The van der Waals surface area contributed by atoms with Crippen LogP contribution < -0.4 is 0 Å². The van der Waals surface area contributed by atoms with Crippen LogP contribution in [0.4, 0.5) is 0 Å². The van der Waals surface area contributed by atoms with E-state index in [0.29, 0.717) is 0 Å². The number of alkyl halides is 1. The van der Waals surface area contributed by atoms with Crippen molar-refractivity contribution in [2.24, 2.45) is 0 Å². The number of rotatable bonds is 4. The number of nitro groups is 2. The highest BCUT2D eigenvalue weighted by molar-refractivity contribution is 9.09. The van der Waals surface area contributed by atoms with Crippen molar-refractivity contribution in [3.05, 3.63) is 20.2 Å². The van der Waals surface area contributed by atoms with Gasteiger partial charge in [-0.05, 0) is 6.92 Å². The van der Waals surface area contributed by atoms with Crippen LogP contribution in [0.5, 0.6) is 0 Å². The Morgan fingerprint density at radius 3 is 1.83 bits per heavy atom. The molecule has 0 aliphatic heterocycles. The Bertz CT molecular complexity index is 226. The molecule has 8 heteroatoms. The van der Waals surface area contributed by atoms with Gasteiger partial charge in [0.25, 0.3) is 0 Å². The van der Waals surface area contributed by atoms with E-state index < -0.39 is 26.6 Å². The summed E-state index contributed by atoms with van der Waals surface area (Å²) in [7, 11) is 0. The maximum absolute atomic E-state index is 10.4. The van der Waals surface area contributed by atoms with Crippen LogP contribution >= 0.6 is 15.9 Å². The van der Waals surface area contributed by atoms with Crippen molar-refractivity contribution in [2.45, 2.75) is 17.9 Å². The molecule has 0 bridgehead atoms. The van der Waals surface area contributed by atoms with Crippen molar-refractivity contribution in [2.75, 3.05) is 0 Å². The zero-order valence-electron chi connectivity index (χ0n) is 6.02. The second kappa shape index (κ2) is 3.57. The lowest BCUT2D eigenvalue weighted by molar-refractivity contribution is -0.756. The summed E-state index contributed by atoms with van der Waals surface area (Å²) in [6.07, 6.45) is -0.771. The van der Waals surface area contributed by atoms with Gasteiger partial charge in [0.1, 0.15) is 15.6 Å². The smallest absolute Gasteiger partial charge is 0.299 e. The molecule has 7 nitrogen and oxygen atoms in total. The van der Waals surface area contributed by atoms with E-state index in [0.717, 1.165) is 6.92 Å². The van der Waals surface area contributed by atoms with E-state index in [1.807, 2.05) is 0 Å². The highest BCUT2D eigenvalue weighted by atomic mass is 79.9. The number of halogens is 1. The van der Waals surface area contributed by atoms with Crippen LogP contribution in [0.2, 0.25) is 0 Å². The quantitative estimate of drug-likeness (QED) is 0.235. The van der Waals surface area contributed by atoms with Gasteiger partial charge in [0.15, 0.2) is 6.42 Å². The molecule has 0 aromatic rings. The first-order chi connectivity index (χ1) is 5.30. The molecule has 0 aromatic heterocycles. The minimum atomic E-state index is -2.57. The molecule has 0 aliphatic carbocycles. The highest BCUT2D eigenvalue weighted by Crippen LogP contribution is 2.23. The molecule has 0 aromatic carbocycles. The lowest BCUT2D eigenvalue weighted by atomic mass is 10.3. The normalized spacial score (nSPS) is 10.8. The van der Waals surface area contributed by atoms with Gasteiger partial charge in [-0.3, -0.25) is 25.0 Å². The minimum absolute atomic E-state index is 0.625. The molecule has 0 saturated carbocycles. The van der Waals surface area contributed by atoms with E-state index in [-0.39, 0.29) is 0 Å². The van der Waals surface area contributed by atoms with Crippen LogP contribution in [0.3, 0.4) is 0 Å². The van der Waals surface area contributed by atoms with Crippen molar-refractivity contribution < 1.29 is 14.6 Å². The summed E-state index contributed by atoms with van der Waals surface area (Å²) in [5.74, 6) is -0.625.